The smallest absolute Gasteiger partial charge is 0.258 e. The molecule has 0 aliphatic carbocycles. The van der Waals surface area contributed by atoms with Gasteiger partial charge in [0.25, 0.3) is 5.69 Å². The van der Waals surface area contributed by atoms with Crippen LogP contribution in [0.1, 0.15) is 11.1 Å². The Bertz CT molecular complexity index is 610. The zero-order valence-corrected chi connectivity index (χ0v) is 11.8. The molecule has 0 spiro atoms. The summed E-state index contributed by atoms with van der Waals surface area (Å²) in [4.78, 5) is 14.8. The number of nitrogens with one attached hydrogen (secondary N) is 1. The first-order chi connectivity index (χ1) is 9.61. The highest BCUT2D eigenvalue weighted by molar-refractivity contribution is 8.14. The first kappa shape index (κ1) is 14.3. The Balaban J connectivity index is 2.21. The largest absolute Gasteiger partial charge is 0.272 e. The summed E-state index contributed by atoms with van der Waals surface area (Å²) in [7, 11) is 0. The van der Waals surface area contributed by atoms with Crippen LogP contribution in [-0.4, -0.2) is 28.1 Å². The van der Waals surface area contributed by atoms with Crippen molar-refractivity contribution in [2.45, 2.75) is 6.92 Å². The molecule has 0 saturated carbocycles. The number of hydrogen-bond donors (Lipinski definition) is 1. The van der Waals surface area contributed by atoms with E-state index in [2.05, 4.69) is 22.1 Å². The third kappa shape index (κ3) is 3.24. The van der Waals surface area contributed by atoms with Crippen LogP contribution in [0.5, 0.6) is 0 Å². The van der Waals surface area contributed by atoms with Gasteiger partial charge in [-0.25, -0.2) is 0 Å². The van der Waals surface area contributed by atoms with Gasteiger partial charge in [0.2, 0.25) is 0 Å². The molecule has 1 aromatic rings. The topological polar surface area (TPSA) is 79.9 Å². The molecule has 0 unspecified atom stereocenters. The third-order valence-electron chi connectivity index (χ3n) is 2.74. The molecule has 0 fully saturated rings. The van der Waals surface area contributed by atoms with Crippen LogP contribution in [-0.2, 0) is 0 Å². The Labute approximate surface area is 120 Å². The van der Waals surface area contributed by atoms with Gasteiger partial charge in [0, 0.05) is 22.9 Å². The third-order valence-corrected chi connectivity index (χ3v) is 3.65. The highest BCUT2D eigenvalue weighted by atomic mass is 32.2. The Hall–Kier alpha value is -2.15. The van der Waals surface area contributed by atoms with Crippen molar-refractivity contribution < 1.29 is 4.92 Å². The van der Waals surface area contributed by atoms with Gasteiger partial charge in [0.05, 0.1) is 17.2 Å². The Morgan fingerprint density at radius 2 is 2.45 bits per heavy atom. The summed E-state index contributed by atoms with van der Waals surface area (Å²) >= 11 is 1.52. The Morgan fingerprint density at radius 1 is 1.65 bits per heavy atom. The van der Waals surface area contributed by atoms with E-state index in [1.165, 1.54) is 11.8 Å². The molecule has 7 heteroatoms. The molecular formula is C13H14N4O2S. The standard InChI is InChI=1S/C13H14N4O2S/c1-3-6-14-13-16-15-11(8-20-13)10-5-4-9(2)12(7-10)17(18)19/h3-5,7H,1,6,8H2,2H3,(H,14,16). The molecule has 20 heavy (non-hydrogen) atoms. The molecule has 0 radical (unpaired) electrons. The minimum absolute atomic E-state index is 0.112. The fourth-order valence-corrected chi connectivity index (χ4v) is 2.46. The van der Waals surface area contributed by atoms with Crippen molar-refractivity contribution in [3.8, 4) is 0 Å². The number of hydrazone groups is 1. The van der Waals surface area contributed by atoms with Gasteiger partial charge in [0.15, 0.2) is 5.17 Å². The Morgan fingerprint density at radius 3 is 3.05 bits per heavy atom. The lowest BCUT2D eigenvalue weighted by molar-refractivity contribution is -0.385. The molecule has 0 bridgehead atoms. The van der Waals surface area contributed by atoms with Gasteiger partial charge in [-0.2, -0.15) is 5.10 Å². The van der Waals surface area contributed by atoms with Gasteiger partial charge in [-0.05, 0) is 6.92 Å². The number of hydrogen-bond acceptors (Lipinski definition) is 5. The molecule has 0 amide bonds. The van der Waals surface area contributed by atoms with Gasteiger partial charge >= 0.3 is 0 Å². The number of aryl methyl sites for hydroxylation is 1. The number of thioether (sulfide) groups is 1. The van der Waals surface area contributed by atoms with E-state index in [4.69, 9.17) is 0 Å². The molecule has 0 saturated heterocycles. The molecule has 1 N–H and O–H groups in total. The van der Waals surface area contributed by atoms with Gasteiger partial charge in [-0.3, -0.25) is 20.5 Å². The Kier molecular flexibility index (Phi) is 4.52. The highest BCUT2D eigenvalue weighted by Crippen LogP contribution is 2.21. The fourth-order valence-electron chi connectivity index (χ4n) is 1.68. The maximum Gasteiger partial charge on any atom is 0.272 e. The van der Waals surface area contributed by atoms with Crippen LogP contribution >= 0.6 is 11.8 Å². The second-order valence-corrected chi connectivity index (χ2v) is 5.12. The minimum Gasteiger partial charge on any atom is -0.258 e. The van der Waals surface area contributed by atoms with E-state index < -0.39 is 0 Å². The number of aliphatic imine (C=N–C) groups is 1. The molecule has 2 rings (SSSR count). The first-order valence-electron chi connectivity index (χ1n) is 5.98. The number of benzene rings is 1. The van der Waals surface area contributed by atoms with E-state index in [1.54, 1.807) is 25.1 Å². The lowest BCUT2D eigenvalue weighted by Gasteiger charge is -2.14. The van der Waals surface area contributed by atoms with Crippen molar-refractivity contribution in [2.75, 3.05) is 12.3 Å². The zero-order valence-electron chi connectivity index (χ0n) is 11.0. The molecule has 1 heterocycles. The van der Waals surface area contributed by atoms with Gasteiger partial charge in [-0.15, -0.1) is 6.58 Å². The van der Waals surface area contributed by atoms with E-state index in [0.717, 1.165) is 16.4 Å². The van der Waals surface area contributed by atoms with Crippen molar-refractivity contribution >= 4 is 28.3 Å². The van der Waals surface area contributed by atoms with Crippen LogP contribution in [0.2, 0.25) is 0 Å². The predicted molar refractivity (Wildman–Crippen MR) is 82.5 cm³/mol. The van der Waals surface area contributed by atoms with E-state index >= 15 is 0 Å². The maximum absolute atomic E-state index is 10.9. The SMILES string of the molecule is C=CCN=C1NN=C(c2ccc(C)c([N+](=O)[O-])c2)CS1. The van der Waals surface area contributed by atoms with E-state index in [-0.39, 0.29) is 10.6 Å². The lowest BCUT2D eigenvalue weighted by atomic mass is 10.1. The molecule has 1 aromatic carbocycles. The summed E-state index contributed by atoms with van der Waals surface area (Å²) in [5.41, 5.74) is 5.13. The van der Waals surface area contributed by atoms with Gasteiger partial charge < -0.3 is 0 Å². The molecule has 0 aromatic heterocycles. The molecular weight excluding hydrogens is 276 g/mol. The van der Waals surface area contributed by atoms with Crippen molar-refractivity contribution in [2.24, 2.45) is 10.1 Å². The van der Waals surface area contributed by atoms with E-state index in [9.17, 15) is 10.1 Å². The van der Waals surface area contributed by atoms with Crippen molar-refractivity contribution in [3.63, 3.8) is 0 Å². The normalized spacial score (nSPS) is 16.4. The van der Waals surface area contributed by atoms with Crippen molar-refractivity contribution in [3.05, 3.63) is 52.1 Å². The second kappa shape index (κ2) is 6.33. The van der Waals surface area contributed by atoms with Crippen LogP contribution in [0.15, 0.2) is 40.9 Å². The summed E-state index contributed by atoms with van der Waals surface area (Å²) < 4.78 is 0. The first-order valence-corrected chi connectivity index (χ1v) is 6.96. The van der Waals surface area contributed by atoms with E-state index in [1.807, 2.05) is 6.07 Å². The van der Waals surface area contributed by atoms with Gasteiger partial charge in [-0.1, -0.05) is 30.0 Å². The number of rotatable bonds is 4. The molecule has 0 atom stereocenters. The zero-order chi connectivity index (χ0) is 14.5. The average Bonchev–Trinajstić information content (AvgIpc) is 2.46. The molecule has 6 nitrogen and oxygen atoms in total. The number of nitro benzene ring substituents is 1. The van der Waals surface area contributed by atoms with Crippen LogP contribution in [0.3, 0.4) is 0 Å². The lowest BCUT2D eigenvalue weighted by Crippen LogP contribution is -2.25. The van der Waals surface area contributed by atoms with Crippen LogP contribution in [0.25, 0.3) is 0 Å². The molecule has 1 aliphatic rings. The van der Waals surface area contributed by atoms with Crippen LogP contribution in [0.4, 0.5) is 5.69 Å². The summed E-state index contributed by atoms with van der Waals surface area (Å²) in [6.07, 6.45) is 1.71. The second-order valence-electron chi connectivity index (χ2n) is 4.15. The quantitative estimate of drug-likeness (QED) is 0.525. The number of nitrogens with zero attached hydrogens (tertiary/aromatic N) is 3. The van der Waals surface area contributed by atoms with Crippen LogP contribution < -0.4 is 5.43 Å². The van der Waals surface area contributed by atoms with Crippen LogP contribution in [0, 0.1) is 17.0 Å². The maximum atomic E-state index is 10.9. The summed E-state index contributed by atoms with van der Waals surface area (Å²) in [6.45, 7) is 5.86. The fraction of sp³-hybridized carbons (Fsp3) is 0.231. The van der Waals surface area contributed by atoms with Gasteiger partial charge in [0.1, 0.15) is 0 Å². The van der Waals surface area contributed by atoms with Crippen molar-refractivity contribution in [1.29, 1.82) is 0 Å². The predicted octanol–water partition coefficient (Wildman–Crippen LogP) is 2.49. The summed E-state index contributed by atoms with van der Waals surface area (Å²) in [6, 6.07) is 5.14. The molecule has 1 aliphatic heterocycles. The number of amidine groups is 1. The van der Waals surface area contributed by atoms with Crippen molar-refractivity contribution in [1.82, 2.24) is 5.43 Å². The average molecular weight is 290 g/mol. The van der Waals surface area contributed by atoms with E-state index in [0.29, 0.717) is 17.9 Å². The summed E-state index contributed by atoms with van der Waals surface area (Å²) in [5, 5.41) is 15.9. The number of nitro groups is 1. The summed E-state index contributed by atoms with van der Waals surface area (Å²) in [5.74, 6) is 0.628. The molecule has 104 valence electrons. The minimum atomic E-state index is -0.375. The monoisotopic (exact) mass is 290 g/mol. The highest BCUT2D eigenvalue weighted by Gasteiger charge is 2.17.